The van der Waals surface area contributed by atoms with Gasteiger partial charge in [0.25, 0.3) is 0 Å². The molecule has 0 heterocycles. The molecule has 4 heteroatoms. The minimum atomic E-state index is 0.605. The number of ether oxygens (including phenoxy) is 2. The third-order valence-electron chi connectivity index (χ3n) is 3.11. The van der Waals surface area contributed by atoms with Crippen LogP contribution in [-0.4, -0.2) is 25.8 Å². The lowest BCUT2D eigenvalue weighted by molar-refractivity contribution is 0.111. The molecular formula is C18H18O4. The van der Waals surface area contributed by atoms with Crippen LogP contribution in [0.2, 0.25) is 0 Å². The Morgan fingerprint density at radius 2 is 1.00 bits per heavy atom. The predicted octanol–water partition coefficient (Wildman–Crippen LogP) is 3.55. The molecule has 0 aliphatic rings. The maximum absolute atomic E-state index is 10.5. The lowest BCUT2D eigenvalue weighted by atomic mass is 10.2. The number of hydrogen-bond acceptors (Lipinski definition) is 4. The Hall–Kier alpha value is -2.62. The molecule has 2 aromatic rings. The number of unbranched alkanes of at least 4 members (excludes halogenated alkanes) is 1. The van der Waals surface area contributed by atoms with E-state index in [-0.39, 0.29) is 0 Å². The molecule has 0 aromatic heterocycles. The molecule has 0 bridgehead atoms. The molecule has 0 fully saturated rings. The van der Waals surface area contributed by atoms with Crippen LogP contribution in [-0.2, 0) is 0 Å². The van der Waals surface area contributed by atoms with Gasteiger partial charge in [0.05, 0.1) is 13.2 Å². The van der Waals surface area contributed by atoms with Gasteiger partial charge in [0, 0.05) is 11.1 Å². The monoisotopic (exact) mass is 298 g/mol. The number of carbonyl (C=O) groups excluding carboxylic acids is 2. The Bertz CT molecular complexity index is 532. The summed E-state index contributed by atoms with van der Waals surface area (Å²) in [7, 11) is 0. The van der Waals surface area contributed by atoms with E-state index in [2.05, 4.69) is 0 Å². The maximum atomic E-state index is 10.5. The lowest BCUT2D eigenvalue weighted by Gasteiger charge is -2.08. The van der Waals surface area contributed by atoms with Crippen LogP contribution in [0.15, 0.2) is 48.5 Å². The molecule has 0 unspecified atom stereocenters. The Morgan fingerprint density at radius 1 is 0.636 bits per heavy atom. The second kappa shape index (κ2) is 8.62. The molecule has 0 saturated heterocycles. The van der Waals surface area contributed by atoms with Gasteiger partial charge in [-0.05, 0) is 61.4 Å². The number of hydrogen-bond donors (Lipinski definition) is 0. The van der Waals surface area contributed by atoms with E-state index in [9.17, 15) is 9.59 Å². The minimum absolute atomic E-state index is 0.605. The van der Waals surface area contributed by atoms with Crippen LogP contribution in [0.4, 0.5) is 0 Å². The fourth-order valence-electron chi connectivity index (χ4n) is 1.87. The summed E-state index contributed by atoms with van der Waals surface area (Å²) in [6.45, 7) is 1.21. The van der Waals surface area contributed by atoms with Crippen LogP contribution in [0.3, 0.4) is 0 Å². The van der Waals surface area contributed by atoms with Gasteiger partial charge in [-0.3, -0.25) is 9.59 Å². The van der Waals surface area contributed by atoms with E-state index in [4.69, 9.17) is 9.47 Å². The fraction of sp³-hybridized carbons (Fsp3) is 0.222. The first-order chi connectivity index (χ1) is 10.8. The highest BCUT2D eigenvalue weighted by Crippen LogP contribution is 2.13. The van der Waals surface area contributed by atoms with Crippen molar-refractivity contribution >= 4 is 12.6 Å². The van der Waals surface area contributed by atoms with Crippen molar-refractivity contribution in [3.8, 4) is 11.5 Å². The van der Waals surface area contributed by atoms with Gasteiger partial charge in [-0.15, -0.1) is 0 Å². The highest BCUT2D eigenvalue weighted by atomic mass is 16.5. The quantitative estimate of drug-likeness (QED) is 0.525. The molecule has 2 rings (SSSR count). The Balaban J connectivity index is 1.60. The summed E-state index contributed by atoms with van der Waals surface area (Å²) in [5.74, 6) is 1.52. The summed E-state index contributed by atoms with van der Waals surface area (Å²) >= 11 is 0. The van der Waals surface area contributed by atoms with Gasteiger partial charge in [0.15, 0.2) is 0 Å². The number of carbonyl (C=O) groups is 2. The first-order valence-corrected chi connectivity index (χ1v) is 7.18. The molecule has 0 amide bonds. The van der Waals surface area contributed by atoms with E-state index >= 15 is 0 Å². The van der Waals surface area contributed by atoms with Crippen LogP contribution in [0.1, 0.15) is 33.6 Å². The van der Waals surface area contributed by atoms with Gasteiger partial charge < -0.3 is 9.47 Å². The van der Waals surface area contributed by atoms with Crippen molar-refractivity contribution in [2.45, 2.75) is 12.8 Å². The first-order valence-electron chi connectivity index (χ1n) is 7.18. The van der Waals surface area contributed by atoms with Gasteiger partial charge in [0.1, 0.15) is 24.1 Å². The second-order valence-corrected chi connectivity index (χ2v) is 4.78. The molecule has 4 nitrogen and oxygen atoms in total. The van der Waals surface area contributed by atoms with Crippen molar-refractivity contribution in [2.75, 3.05) is 13.2 Å². The van der Waals surface area contributed by atoms with Gasteiger partial charge >= 0.3 is 0 Å². The van der Waals surface area contributed by atoms with Crippen molar-refractivity contribution in [3.63, 3.8) is 0 Å². The fourth-order valence-corrected chi connectivity index (χ4v) is 1.87. The molecule has 0 aliphatic carbocycles. The second-order valence-electron chi connectivity index (χ2n) is 4.78. The minimum Gasteiger partial charge on any atom is -0.494 e. The Labute approximate surface area is 129 Å². The average Bonchev–Trinajstić information content (AvgIpc) is 2.59. The van der Waals surface area contributed by atoms with Gasteiger partial charge in [-0.2, -0.15) is 0 Å². The molecule has 0 saturated carbocycles. The first kappa shape index (κ1) is 15.8. The zero-order valence-electron chi connectivity index (χ0n) is 12.2. The molecular weight excluding hydrogens is 280 g/mol. The molecule has 0 atom stereocenters. The smallest absolute Gasteiger partial charge is 0.150 e. The molecule has 0 aliphatic heterocycles. The summed E-state index contributed by atoms with van der Waals surface area (Å²) < 4.78 is 11.2. The van der Waals surface area contributed by atoms with Crippen molar-refractivity contribution in [1.82, 2.24) is 0 Å². The van der Waals surface area contributed by atoms with Gasteiger partial charge in [-0.25, -0.2) is 0 Å². The summed E-state index contributed by atoms with van der Waals surface area (Å²) in [5.41, 5.74) is 1.28. The van der Waals surface area contributed by atoms with Crippen LogP contribution in [0.25, 0.3) is 0 Å². The zero-order valence-corrected chi connectivity index (χ0v) is 12.2. The van der Waals surface area contributed by atoms with E-state index in [1.165, 1.54) is 0 Å². The van der Waals surface area contributed by atoms with E-state index < -0.39 is 0 Å². The predicted molar refractivity (Wildman–Crippen MR) is 83.9 cm³/mol. The molecule has 22 heavy (non-hydrogen) atoms. The van der Waals surface area contributed by atoms with Crippen LogP contribution in [0.5, 0.6) is 11.5 Å². The van der Waals surface area contributed by atoms with E-state index in [1.807, 2.05) is 0 Å². The number of rotatable bonds is 9. The lowest BCUT2D eigenvalue weighted by Crippen LogP contribution is -2.02. The highest BCUT2D eigenvalue weighted by molar-refractivity contribution is 5.75. The Kier molecular flexibility index (Phi) is 6.18. The summed E-state index contributed by atoms with van der Waals surface area (Å²) in [6.07, 6.45) is 3.37. The van der Waals surface area contributed by atoms with Crippen molar-refractivity contribution < 1.29 is 19.1 Å². The standard InChI is InChI=1S/C18H18O4/c19-13-15-3-7-17(8-4-15)21-11-1-2-12-22-18-9-5-16(14-20)6-10-18/h3-10,13-14H,1-2,11-12H2. The van der Waals surface area contributed by atoms with Crippen LogP contribution < -0.4 is 9.47 Å². The summed E-state index contributed by atoms with van der Waals surface area (Å²) in [4.78, 5) is 21.1. The molecule has 0 N–H and O–H groups in total. The summed E-state index contributed by atoms with van der Waals surface area (Å²) in [6, 6.07) is 14.1. The molecule has 0 radical (unpaired) electrons. The maximum Gasteiger partial charge on any atom is 0.150 e. The topological polar surface area (TPSA) is 52.6 Å². The van der Waals surface area contributed by atoms with Crippen molar-refractivity contribution in [2.24, 2.45) is 0 Å². The van der Waals surface area contributed by atoms with Gasteiger partial charge in [-0.1, -0.05) is 0 Å². The molecule has 0 spiro atoms. The SMILES string of the molecule is O=Cc1ccc(OCCCCOc2ccc(C=O)cc2)cc1. The highest BCUT2D eigenvalue weighted by Gasteiger charge is 1.97. The van der Waals surface area contributed by atoms with Crippen molar-refractivity contribution in [3.05, 3.63) is 59.7 Å². The van der Waals surface area contributed by atoms with E-state index in [1.54, 1.807) is 48.5 Å². The normalized spacial score (nSPS) is 10.0. The molecule has 2 aromatic carbocycles. The number of benzene rings is 2. The largest absolute Gasteiger partial charge is 0.494 e. The van der Waals surface area contributed by atoms with Crippen LogP contribution in [0, 0.1) is 0 Å². The van der Waals surface area contributed by atoms with Crippen molar-refractivity contribution in [1.29, 1.82) is 0 Å². The van der Waals surface area contributed by atoms with E-state index in [0.29, 0.717) is 24.3 Å². The summed E-state index contributed by atoms with van der Waals surface area (Å²) in [5, 5.41) is 0. The zero-order chi connectivity index (χ0) is 15.6. The number of aldehydes is 2. The van der Waals surface area contributed by atoms with E-state index in [0.717, 1.165) is 36.9 Å². The average molecular weight is 298 g/mol. The third-order valence-corrected chi connectivity index (χ3v) is 3.11. The third kappa shape index (κ3) is 5.05. The Morgan fingerprint density at radius 3 is 1.32 bits per heavy atom. The molecule has 114 valence electrons. The van der Waals surface area contributed by atoms with Crippen LogP contribution >= 0.6 is 0 Å². The van der Waals surface area contributed by atoms with Gasteiger partial charge in [0.2, 0.25) is 0 Å².